The summed E-state index contributed by atoms with van der Waals surface area (Å²) in [5.74, 6) is -1.61. The average molecular weight is 328 g/mol. The minimum Gasteiger partial charge on any atom is -0.466 e. The van der Waals surface area contributed by atoms with E-state index in [4.69, 9.17) is 4.74 Å². The molecule has 0 radical (unpaired) electrons. The Morgan fingerprint density at radius 1 is 1.38 bits per heavy atom. The van der Waals surface area contributed by atoms with Crippen molar-refractivity contribution in [3.8, 4) is 6.07 Å². The molecule has 24 heavy (non-hydrogen) atoms. The molecule has 2 rings (SSSR count). The van der Waals surface area contributed by atoms with Gasteiger partial charge >= 0.3 is 5.97 Å². The third kappa shape index (κ3) is 3.53. The number of benzene rings is 1. The lowest BCUT2D eigenvalue weighted by atomic mass is 9.74. The largest absolute Gasteiger partial charge is 0.466 e. The lowest BCUT2D eigenvalue weighted by Crippen LogP contribution is -2.31. The van der Waals surface area contributed by atoms with E-state index in [9.17, 15) is 14.4 Å². The predicted octanol–water partition coefficient (Wildman–Crippen LogP) is 4.00. The molecule has 0 fully saturated rings. The van der Waals surface area contributed by atoms with Gasteiger partial charge in [-0.1, -0.05) is 26.0 Å². The molecule has 0 bridgehead atoms. The highest BCUT2D eigenvalue weighted by molar-refractivity contribution is 5.99. The summed E-state index contributed by atoms with van der Waals surface area (Å²) in [5, 5.41) is 9.74. The van der Waals surface area contributed by atoms with E-state index in [-0.39, 0.29) is 5.82 Å². The monoisotopic (exact) mass is 328 g/mol. The molecule has 1 aliphatic rings. The van der Waals surface area contributed by atoms with Crippen molar-refractivity contribution in [2.45, 2.75) is 33.1 Å². The zero-order valence-corrected chi connectivity index (χ0v) is 14.3. The molecule has 2 atom stereocenters. The highest BCUT2D eigenvalue weighted by atomic mass is 19.1. The number of allylic oxidation sites excluding steroid dienone is 1. The maximum Gasteiger partial charge on any atom is 0.336 e. The lowest BCUT2D eigenvalue weighted by molar-refractivity contribution is -0.136. The van der Waals surface area contributed by atoms with Crippen LogP contribution in [-0.4, -0.2) is 18.8 Å². The molecule has 0 aromatic heterocycles. The highest BCUT2D eigenvalue weighted by Gasteiger charge is 2.38. The number of ether oxygens (including phenoxy) is 1. The Labute approximate surface area is 141 Å². The van der Waals surface area contributed by atoms with Crippen LogP contribution in [0, 0.1) is 29.0 Å². The van der Waals surface area contributed by atoms with E-state index in [0.29, 0.717) is 29.2 Å². The van der Waals surface area contributed by atoms with Crippen LogP contribution in [0.25, 0.3) is 0 Å². The zero-order valence-electron chi connectivity index (χ0n) is 14.3. The van der Waals surface area contributed by atoms with Crippen LogP contribution in [0.4, 0.5) is 4.39 Å². The van der Waals surface area contributed by atoms with Crippen molar-refractivity contribution >= 4 is 11.7 Å². The van der Waals surface area contributed by atoms with E-state index in [1.165, 1.54) is 19.2 Å². The quantitative estimate of drug-likeness (QED) is 0.785. The number of hydrogen-bond acceptors (Lipinski definition) is 4. The first kappa shape index (κ1) is 17.9. The number of hydrogen-bond donors (Lipinski definition) is 0. The van der Waals surface area contributed by atoms with Gasteiger partial charge in [-0.25, -0.2) is 9.18 Å². The second kappa shape index (κ2) is 7.39. The van der Waals surface area contributed by atoms with Crippen molar-refractivity contribution in [1.82, 2.24) is 0 Å². The number of halogens is 1. The Kier molecular flexibility index (Phi) is 5.50. The van der Waals surface area contributed by atoms with Gasteiger partial charge in [-0.3, -0.25) is 4.99 Å². The fraction of sp³-hybridized carbons (Fsp3) is 0.421. The van der Waals surface area contributed by atoms with Gasteiger partial charge in [-0.05, 0) is 37.0 Å². The number of aliphatic imine (C=N–C) groups is 1. The third-order valence-corrected chi connectivity index (χ3v) is 4.10. The van der Waals surface area contributed by atoms with Crippen molar-refractivity contribution in [3.63, 3.8) is 0 Å². The van der Waals surface area contributed by atoms with E-state index in [1.807, 2.05) is 0 Å². The van der Waals surface area contributed by atoms with Crippen LogP contribution >= 0.6 is 0 Å². The van der Waals surface area contributed by atoms with Crippen LogP contribution in [0.15, 0.2) is 40.5 Å². The first-order valence-corrected chi connectivity index (χ1v) is 7.90. The van der Waals surface area contributed by atoms with Gasteiger partial charge in [0.1, 0.15) is 5.82 Å². The summed E-state index contributed by atoms with van der Waals surface area (Å²) in [5.41, 5.74) is 2.38. The smallest absolute Gasteiger partial charge is 0.336 e. The summed E-state index contributed by atoms with van der Waals surface area (Å²) >= 11 is 0. The molecule has 126 valence electrons. The summed E-state index contributed by atoms with van der Waals surface area (Å²) < 4.78 is 18.2. The van der Waals surface area contributed by atoms with Crippen LogP contribution in [0.5, 0.6) is 0 Å². The predicted molar refractivity (Wildman–Crippen MR) is 89.9 cm³/mol. The van der Waals surface area contributed by atoms with Crippen molar-refractivity contribution in [2.75, 3.05) is 7.11 Å². The van der Waals surface area contributed by atoms with E-state index in [1.54, 1.807) is 19.1 Å². The molecular formula is C19H21FN2O2. The minimum atomic E-state index is -0.573. The maximum atomic E-state index is 13.3. The third-order valence-electron chi connectivity index (χ3n) is 4.10. The fourth-order valence-corrected chi connectivity index (χ4v) is 3.08. The fourth-order valence-electron chi connectivity index (χ4n) is 3.08. The molecule has 0 amide bonds. The molecule has 1 aromatic rings. The first-order chi connectivity index (χ1) is 11.4. The van der Waals surface area contributed by atoms with Crippen molar-refractivity contribution in [3.05, 3.63) is 46.9 Å². The van der Waals surface area contributed by atoms with Crippen molar-refractivity contribution in [2.24, 2.45) is 16.8 Å². The number of rotatable bonds is 4. The van der Waals surface area contributed by atoms with Gasteiger partial charge in [-0.15, -0.1) is 0 Å². The van der Waals surface area contributed by atoms with E-state index in [0.717, 1.165) is 5.71 Å². The second-order valence-electron chi connectivity index (χ2n) is 6.33. The standard InChI is InChI=1S/C19H21FN2O2/c1-11(2)9-16-15(10-21)18(13-5-7-14(20)8-6-13)17(12(3)22-16)19(23)24-4/h5-8,11,15,18H,9H2,1-4H3. The van der Waals surface area contributed by atoms with Gasteiger partial charge in [0.2, 0.25) is 0 Å². The second-order valence-corrected chi connectivity index (χ2v) is 6.33. The molecule has 1 aromatic carbocycles. The number of nitriles is 1. The number of esters is 1. The molecule has 1 aliphatic heterocycles. The Morgan fingerprint density at radius 3 is 2.50 bits per heavy atom. The lowest BCUT2D eigenvalue weighted by Gasteiger charge is -2.30. The number of carbonyl (C=O) groups is 1. The van der Waals surface area contributed by atoms with Crippen LogP contribution in [-0.2, 0) is 9.53 Å². The SMILES string of the molecule is COC(=O)C1=C(C)N=C(CC(C)C)C(C#N)C1c1ccc(F)cc1. The maximum absolute atomic E-state index is 13.3. The van der Waals surface area contributed by atoms with Gasteiger partial charge in [0.25, 0.3) is 0 Å². The van der Waals surface area contributed by atoms with Crippen molar-refractivity contribution in [1.29, 1.82) is 5.26 Å². The molecule has 4 nitrogen and oxygen atoms in total. The van der Waals surface area contributed by atoms with Gasteiger partial charge < -0.3 is 4.74 Å². The van der Waals surface area contributed by atoms with Gasteiger partial charge in [0.05, 0.1) is 24.7 Å². The average Bonchev–Trinajstić information content (AvgIpc) is 2.54. The molecule has 0 aliphatic carbocycles. The molecular weight excluding hydrogens is 307 g/mol. The topological polar surface area (TPSA) is 62.4 Å². The summed E-state index contributed by atoms with van der Waals surface area (Å²) in [6, 6.07) is 8.18. The number of carbonyl (C=O) groups excluding carboxylic acids is 1. The van der Waals surface area contributed by atoms with Gasteiger partial charge in [0.15, 0.2) is 0 Å². The molecule has 1 heterocycles. The Bertz CT molecular complexity index is 727. The van der Waals surface area contributed by atoms with Crippen LogP contribution in [0.2, 0.25) is 0 Å². The normalized spacial score (nSPS) is 20.6. The first-order valence-electron chi connectivity index (χ1n) is 7.90. The molecule has 0 N–H and O–H groups in total. The summed E-state index contributed by atoms with van der Waals surface area (Å²) in [6.07, 6.45) is 0.668. The van der Waals surface area contributed by atoms with Gasteiger partial charge in [-0.2, -0.15) is 5.26 Å². The van der Waals surface area contributed by atoms with E-state index >= 15 is 0 Å². The molecule has 0 saturated carbocycles. The van der Waals surface area contributed by atoms with Crippen molar-refractivity contribution < 1.29 is 13.9 Å². The Balaban J connectivity index is 2.61. The summed E-state index contributed by atoms with van der Waals surface area (Å²) in [6.45, 7) is 5.86. The Morgan fingerprint density at radius 2 is 2.00 bits per heavy atom. The molecule has 2 unspecified atom stereocenters. The number of methoxy groups -OCH3 is 1. The summed E-state index contributed by atoms with van der Waals surface area (Å²) in [4.78, 5) is 16.8. The van der Waals surface area contributed by atoms with E-state index < -0.39 is 17.8 Å². The van der Waals surface area contributed by atoms with Crippen LogP contribution in [0.3, 0.4) is 0 Å². The zero-order chi connectivity index (χ0) is 17.9. The minimum absolute atomic E-state index is 0.334. The molecule has 5 heteroatoms. The van der Waals surface area contributed by atoms with Crippen LogP contribution < -0.4 is 0 Å². The van der Waals surface area contributed by atoms with E-state index in [2.05, 4.69) is 24.9 Å². The van der Waals surface area contributed by atoms with Gasteiger partial charge in [0, 0.05) is 17.3 Å². The molecule has 0 saturated heterocycles. The highest BCUT2D eigenvalue weighted by Crippen LogP contribution is 2.40. The molecule has 0 spiro atoms. The Hall–Kier alpha value is -2.48. The van der Waals surface area contributed by atoms with Crippen LogP contribution in [0.1, 0.15) is 38.7 Å². The number of nitrogens with zero attached hydrogens (tertiary/aromatic N) is 2. The summed E-state index contributed by atoms with van der Waals surface area (Å²) in [7, 11) is 1.30.